The second-order valence-corrected chi connectivity index (χ2v) is 7.97. The number of nitrogens with two attached hydrogens (primary N) is 1. The van der Waals surface area contributed by atoms with Gasteiger partial charge in [0, 0.05) is 13.1 Å². The molecule has 0 unspecified atom stereocenters. The van der Waals surface area contributed by atoms with E-state index in [2.05, 4.69) is 11.6 Å². The molecule has 118 valence electrons. The first-order chi connectivity index (χ1) is 9.99. The van der Waals surface area contributed by atoms with Gasteiger partial charge in [-0.1, -0.05) is 44.0 Å². The molecular weight excluding hydrogens is 284 g/mol. The van der Waals surface area contributed by atoms with E-state index in [4.69, 9.17) is 5.73 Å². The van der Waals surface area contributed by atoms with Crippen LogP contribution in [0.2, 0.25) is 0 Å². The molecule has 1 saturated carbocycles. The van der Waals surface area contributed by atoms with Crippen LogP contribution in [0.25, 0.3) is 0 Å². The number of hydrogen-bond donors (Lipinski definition) is 2. The first-order valence-electron chi connectivity index (χ1n) is 7.74. The second kappa shape index (κ2) is 6.90. The first kappa shape index (κ1) is 16.5. The molecule has 3 N–H and O–H groups in total. The van der Waals surface area contributed by atoms with Gasteiger partial charge in [-0.2, -0.15) is 0 Å². The highest BCUT2D eigenvalue weighted by Crippen LogP contribution is 2.40. The van der Waals surface area contributed by atoms with Crippen LogP contribution in [0.1, 0.15) is 50.2 Å². The summed E-state index contributed by atoms with van der Waals surface area (Å²) in [7, 11) is -3.27. The Bertz CT molecular complexity index is 546. The highest BCUT2D eigenvalue weighted by atomic mass is 32.2. The Labute approximate surface area is 128 Å². The fourth-order valence-electron chi connectivity index (χ4n) is 3.09. The van der Waals surface area contributed by atoms with Gasteiger partial charge in [0.1, 0.15) is 0 Å². The molecule has 0 atom stereocenters. The summed E-state index contributed by atoms with van der Waals surface area (Å²) in [5.41, 5.74) is 7.54. The maximum Gasteiger partial charge on any atom is 0.215 e. The van der Waals surface area contributed by atoms with Crippen molar-refractivity contribution in [2.45, 2.75) is 51.3 Å². The molecule has 0 bridgehead atoms. The van der Waals surface area contributed by atoms with E-state index in [-0.39, 0.29) is 11.2 Å². The van der Waals surface area contributed by atoms with Crippen LogP contribution in [0.15, 0.2) is 24.3 Å². The molecule has 1 aromatic carbocycles. The lowest BCUT2D eigenvalue weighted by Gasteiger charge is -2.27. The SMILES string of the molecule is CCC1(CNS(=O)(=O)Cc2ccc(CN)cc2)CCCC1. The maximum absolute atomic E-state index is 12.2. The smallest absolute Gasteiger partial charge is 0.215 e. The fourth-order valence-corrected chi connectivity index (χ4v) is 4.34. The van der Waals surface area contributed by atoms with Gasteiger partial charge in [0.15, 0.2) is 0 Å². The van der Waals surface area contributed by atoms with Gasteiger partial charge in [-0.05, 0) is 35.8 Å². The Morgan fingerprint density at radius 2 is 1.71 bits per heavy atom. The molecule has 2 rings (SSSR count). The lowest BCUT2D eigenvalue weighted by molar-refractivity contribution is 0.285. The van der Waals surface area contributed by atoms with E-state index in [9.17, 15) is 8.42 Å². The lowest BCUT2D eigenvalue weighted by Crippen LogP contribution is -2.36. The summed E-state index contributed by atoms with van der Waals surface area (Å²) in [6.07, 6.45) is 5.75. The van der Waals surface area contributed by atoms with Gasteiger partial charge >= 0.3 is 0 Å². The Balaban J connectivity index is 1.94. The fraction of sp³-hybridized carbons (Fsp3) is 0.625. The van der Waals surface area contributed by atoms with Gasteiger partial charge in [0.05, 0.1) is 5.75 Å². The average Bonchev–Trinajstić information content (AvgIpc) is 2.95. The van der Waals surface area contributed by atoms with Crippen molar-refractivity contribution in [1.82, 2.24) is 4.72 Å². The predicted octanol–water partition coefficient (Wildman–Crippen LogP) is 2.54. The monoisotopic (exact) mass is 310 g/mol. The summed E-state index contributed by atoms with van der Waals surface area (Å²) in [5.74, 6) is 0.0393. The minimum Gasteiger partial charge on any atom is -0.326 e. The molecular formula is C16H26N2O2S. The van der Waals surface area contributed by atoms with E-state index in [0.29, 0.717) is 13.1 Å². The predicted molar refractivity (Wildman–Crippen MR) is 86.2 cm³/mol. The Kier molecular flexibility index (Phi) is 5.41. The van der Waals surface area contributed by atoms with E-state index in [1.165, 1.54) is 12.8 Å². The van der Waals surface area contributed by atoms with Crippen LogP contribution < -0.4 is 10.5 Å². The van der Waals surface area contributed by atoms with Crippen molar-refractivity contribution in [2.24, 2.45) is 11.1 Å². The molecule has 0 spiro atoms. The largest absolute Gasteiger partial charge is 0.326 e. The van der Waals surface area contributed by atoms with E-state index < -0.39 is 10.0 Å². The van der Waals surface area contributed by atoms with Gasteiger partial charge in [-0.25, -0.2) is 13.1 Å². The molecule has 0 heterocycles. The molecule has 1 aliphatic carbocycles. The zero-order valence-corrected chi connectivity index (χ0v) is 13.6. The van der Waals surface area contributed by atoms with E-state index >= 15 is 0 Å². The van der Waals surface area contributed by atoms with Crippen molar-refractivity contribution in [3.05, 3.63) is 35.4 Å². The zero-order chi connectivity index (χ0) is 15.3. The quantitative estimate of drug-likeness (QED) is 0.813. The average molecular weight is 310 g/mol. The summed E-state index contributed by atoms with van der Waals surface area (Å²) in [4.78, 5) is 0. The van der Waals surface area contributed by atoms with Crippen LogP contribution in [0, 0.1) is 5.41 Å². The summed E-state index contributed by atoms with van der Waals surface area (Å²) in [6, 6.07) is 7.45. The number of rotatable bonds is 7. The van der Waals surface area contributed by atoms with E-state index in [1.807, 2.05) is 24.3 Å². The standard InChI is InChI=1S/C16H26N2O2S/c1-2-16(9-3-4-10-16)13-18-21(19,20)12-15-7-5-14(11-17)6-8-15/h5-8,18H,2-4,9-13,17H2,1H3. The molecule has 0 aromatic heterocycles. The van der Waals surface area contributed by atoms with Gasteiger partial charge < -0.3 is 5.73 Å². The third kappa shape index (κ3) is 4.53. The number of benzene rings is 1. The van der Waals surface area contributed by atoms with Crippen molar-refractivity contribution >= 4 is 10.0 Å². The molecule has 5 heteroatoms. The van der Waals surface area contributed by atoms with Crippen LogP contribution in [-0.4, -0.2) is 15.0 Å². The Morgan fingerprint density at radius 3 is 2.24 bits per heavy atom. The first-order valence-corrected chi connectivity index (χ1v) is 9.39. The zero-order valence-electron chi connectivity index (χ0n) is 12.8. The third-order valence-electron chi connectivity index (χ3n) is 4.70. The van der Waals surface area contributed by atoms with Gasteiger partial charge in [-0.3, -0.25) is 0 Å². The molecule has 21 heavy (non-hydrogen) atoms. The van der Waals surface area contributed by atoms with Crippen LogP contribution in [-0.2, 0) is 22.3 Å². The Hall–Kier alpha value is -0.910. The highest BCUT2D eigenvalue weighted by Gasteiger charge is 2.32. The third-order valence-corrected chi connectivity index (χ3v) is 5.99. The minimum atomic E-state index is -3.27. The molecule has 0 saturated heterocycles. The summed E-state index contributed by atoms with van der Waals surface area (Å²) in [6.45, 7) is 3.21. The molecule has 0 radical (unpaired) electrons. The van der Waals surface area contributed by atoms with Crippen molar-refractivity contribution < 1.29 is 8.42 Å². The van der Waals surface area contributed by atoms with E-state index in [0.717, 1.165) is 30.4 Å². The Morgan fingerprint density at radius 1 is 1.14 bits per heavy atom. The lowest BCUT2D eigenvalue weighted by atomic mass is 9.84. The molecule has 4 nitrogen and oxygen atoms in total. The maximum atomic E-state index is 12.2. The van der Waals surface area contributed by atoms with Crippen molar-refractivity contribution in [1.29, 1.82) is 0 Å². The van der Waals surface area contributed by atoms with Crippen LogP contribution >= 0.6 is 0 Å². The van der Waals surface area contributed by atoms with Crippen LogP contribution in [0.5, 0.6) is 0 Å². The number of hydrogen-bond acceptors (Lipinski definition) is 3. The van der Waals surface area contributed by atoms with Crippen LogP contribution in [0.4, 0.5) is 0 Å². The normalized spacial score (nSPS) is 18.0. The summed E-state index contributed by atoms with van der Waals surface area (Å²) in [5, 5.41) is 0. The molecule has 1 aliphatic rings. The number of nitrogens with one attached hydrogen (secondary N) is 1. The number of sulfonamides is 1. The topological polar surface area (TPSA) is 72.2 Å². The van der Waals surface area contributed by atoms with Crippen molar-refractivity contribution in [3.8, 4) is 0 Å². The molecule has 0 amide bonds. The second-order valence-electron chi connectivity index (χ2n) is 6.16. The minimum absolute atomic E-state index is 0.0393. The van der Waals surface area contributed by atoms with Gasteiger partial charge in [0.25, 0.3) is 0 Å². The van der Waals surface area contributed by atoms with E-state index in [1.54, 1.807) is 0 Å². The molecule has 1 fully saturated rings. The molecule has 0 aliphatic heterocycles. The highest BCUT2D eigenvalue weighted by molar-refractivity contribution is 7.88. The van der Waals surface area contributed by atoms with Gasteiger partial charge in [-0.15, -0.1) is 0 Å². The summed E-state index contributed by atoms with van der Waals surface area (Å²) >= 11 is 0. The van der Waals surface area contributed by atoms with Crippen molar-refractivity contribution in [2.75, 3.05) is 6.54 Å². The molecule has 1 aromatic rings. The van der Waals surface area contributed by atoms with Gasteiger partial charge in [0.2, 0.25) is 10.0 Å². The van der Waals surface area contributed by atoms with Crippen LogP contribution in [0.3, 0.4) is 0 Å². The summed E-state index contributed by atoms with van der Waals surface area (Å²) < 4.78 is 27.3. The van der Waals surface area contributed by atoms with Crippen molar-refractivity contribution in [3.63, 3.8) is 0 Å².